The van der Waals surface area contributed by atoms with E-state index in [4.69, 9.17) is 10.5 Å². The van der Waals surface area contributed by atoms with Crippen LogP contribution in [0.25, 0.3) is 0 Å². The molecule has 41 heavy (non-hydrogen) atoms. The molecule has 0 atom stereocenters. The van der Waals surface area contributed by atoms with E-state index in [0.717, 1.165) is 42.4 Å². The number of nitrogens with zero attached hydrogens (tertiary/aromatic N) is 3. The molecule has 0 radical (unpaired) electrons. The molecule has 0 aliphatic carbocycles. The molecule has 14 heteroatoms. The van der Waals surface area contributed by atoms with Crippen molar-refractivity contribution in [3.63, 3.8) is 0 Å². The second-order valence-electron chi connectivity index (χ2n) is 10.7. The number of piperidine rings is 1. The van der Waals surface area contributed by atoms with E-state index in [1.54, 1.807) is 19.9 Å². The summed E-state index contributed by atoms with van der Waals surface area (Å²) in [5.74, 6) is -3.10. The molecule has 2 aromatic carbocycles. The van der Waals surface area contributed by atoms with Gasteiger partial charge in [0, 0.05) is 31.3 Å². The summed E-state index contributed by atoms with van der Waals surface area (Å²) in [6.45, 7) is 4.74. The van der Waals surface area contributed by atoms with Gasteiger partial charge >= 0.3 is 0 Å². The molecule has 2 amide bonds. The first kappa shape index (κ1) is 28.6. The van der Waals surface area contributed by atoms with Gasteiger partial charge in [-0.15, -0.1) is 0 Å². The Morgan fingerprint density at radius 1 is 1.10 bits per heavy atom. The van der Waals surface area contributed by atoms with E-state index in [2.05, 4.69) is 20.4 Å². The van der Waals surface area contributed by atoms with Crippen molar-refractivity contribution < 1.29 is 31.5 Å². The molecule has 1 saturated heterocycles. The number of nitrogens with two attached hydrogens (primary N) is 1. The van der Waals surface area contributed by atoms with Crippen molar-refractivity contribution in [3.05, 3.63) is 70.4 Å². The minimum absolute atomic E-state index is 0.0121. The highest BCUT2D eigenvalue weighted by Gasteiger charge is 2.48. The first-order valence-electron chi connectivity index (χ1n) is 12.9. The second-order valence-corrected chi connectivity index (χ2v) is 12.6. The number of fused-ring (bicyclic) bond motifs is 1. The summed E-state index contributed by atoms with van der Waals surface area (Å²) in [6.07, 6.45) is 1.63. The number of halogens is 2. The predicted octanol–water partition coefficient (Wildman–Crippen LogP) is 2.95. The third-order valence-electron chi connectivity index (χ3n) is 7.53. The van der Waals surface area contributed by atoms with Gasteiger partial charge in [-0.1, -0.05) is 0 Å². The normalized spacial score (nSPS) is 17.8. The molecular formula is C27H30F2N6O5S. The van der Waals surface area contributed by atoms with E-state index in [9.17, 15) is 26.8 Å². The number of sulfonamides is 1. The smallest absolute Gasteiger partial charge is 0.257 e. The summed E-state index contributed by atoms with van der Waals surface area (Å²) in [7, 11) is -2.32. The van der Waals surface area contributed by atoms with Crippen molar-refractivity contribution in [2.24, 2.45) is 5.73 Å². The zero-order chi connectivity index (χ0) is 29.7. The predicted molar refractivity (Wildman–Crippen MR) is 145 cm³/mol. The van der Waals surface area contributed by atoms with E-state index in [0.29, 0.717) is 23.1 Å². The van der Waals surface area contributed by atoms with Gasteiger partial charge in [0.15, 0.2) is 5.82 Å². The van der Waals surface area contributed by atoms with Gasteiger partial charge in [-0.2, -0.15) is 9.40 Å². The quantitative estimate of drug-likeness (QED) is 0.384. The molecule has 3 aromatic rings. The van der Waals surface area contributed by atoms with Crippen LogP contribution in [0.15, 0.2) is 41.3 Å². The lowest BCUT2D eigenvalue weighted by Crippen LogP contribution is -2.40. The number of anilines is 1. The van der Waals surface area contributed by atoms with E-state index in [1.165, 1.54) is 12.1 Å². The van der Waals surface area contributed by atoms with Gasteiger partial charge in [0.1, 0.15) is 23.5 Å². The minimum Gasteiger partial charge on any atom is -0.490 e. The largest absolute Gasteiger partial charge is 0.490 e. The van der Waals surface area contributed by atoms with Crippen molar-refractivity contribution in [2.45, 2.75) is 49.8 Å². The number of carbonyl (C=O) groups excluding carboxylic acids is 2. The lowest BCUT2D eigenvalue weighted by Gasteiger charge is -2.30. The zero-order valence-corrected chi connectivity index (χ0v) is 23.5. The van der Waals surface area contributed by atoms with Crippen molar-refractivity contribution in [1.29, 1.82) is 0 Å². The van der Waals surface area contributed by atoms with Crippen LogP contribution in [0.5, 0.6) is 5.75 Å². The number of aromatic amines is 1. The Balaban J connectivity index is 1.38. The van der Waals surface area contributed by atoms with E-state index in [-0.39, 0.29) is 29.6 Å². The number of likely N-dealkylation sites (tertiary alicyclic amines) is 1. The van der Waals surface area contributed by atoms with Crippen LogP contribution in [0, 0.1) is 11.6 Å². The highest BCUT2D eigenvalue weighted by molar-refractivity contribution is 7.89. The standard InChI is InChI=1S/C27H30F2N6O5S/c1-27(2)23-22(14-35(27)41(38,39)19-11-15(28)10-16(29)12-19)25(33-32-23)31-26(37)20-5-4-18(13-21(20)24(30)36)40-17-6-8-34(3)9-7-17/h4-5,10-13,17H,6-9,14H2,1-3H3,(H2,30,36)(H2,31,32,33,37). The topological polar surface area (TPSA) is 151 Å². The van der Waals surface area contributed by atoms with Crippen LogP contribution in [0.2, 0.25) is 0 Å². The van der Waals surface area contributed by atoms with Gasteiger partial charge in [-0.05, 0) is 64.1 Å². The van der Waals surface area contributed by atoms with Gasteiger partial charge in [0.05, 0.1) is 27.3 Å². The average Bonchev–Trinajstić information content (AvgIpc) is 3.42. The number of ether oxygens (including phenoxy) is 1. The molecule has 218 valence electrons. The lowest BCUT2D eigenvalue weighted by molar-refractivity contribution is 0.0973. The fourth-order valence-electron chi connectivity index (χ4n) is 5.25. The van der Waals surface area contributed by atoms with E-state index in [1.807, 2.05) is 7.05 Å². The Kier molecular flexibility index (Phi) is 7.34. The van der Waals surface area contributed by atoms with Crippen molar-refractivity contribution in [1.82, 2.24) is 19.4 Å². The number of hydrogen-bond donors (Lipinski definition) is 3. The molecular weight excluding hydrogens is 558 g/mol. The summed E-state index contributed by atoms with van der Waals surface area (Å²) in [5.41, 5.74) is 5.09. The average molecular weight is 589 g/mol. The van der Waals surface area contributed by atoms with Crippen LogP contribution < -0.4 is 15.8 Å². The summed E-state index contributed by atoms with van der Waals surface area (Å²) in [5, 5.41) is 9.55. The molecule has 1 fully saturated rings. The van der Waals surface area contributed by atoms with Crippen molar-refractivity contribution in [2.75, 3.05) is 25.5 Å². The van der Waals surface area contributed by atoms with Crippen molar-refractivity contribution in [3.8, 4) is 5.75 Å². The summed E-state index contributed by atoms with van der Waals surface area (Å²) in [6, 6.07) is 6.53. The van der Waals surface area contributed by atoms with Gasteiger partial charge in [-0.3, -0.25) is 14.7 Å². The molecule has 1 aromatic heterocycles. The van der Waals surface area contributed by atoms with Crippen LogP contribution in [0.3, 0.4) is 0 Å². The number of benzene rings is 2. The third-order valence-corrected chi connectivity index (χ3v) is 9.53. The van der Waals surface area contributed by atoms with Crippen LogP contribution in [0.4, 0.5) is 14.6 Å². The molecule has 0 spiro atoms. The summed E-state index contributed by atoms with van der Waals surface area (Å²) in [4.78, 5) is 27.2. The Labute approximate surface area is 235 Å². The van der Waals surface area contributed by atoms with Gasteiger partial charge in [0.2, 0.25) is 15.9 Å². The first-order chi connectivity index (χ1) is 19.3. The monoisotopic (exact) mass is 588 g/mol. The van der Waals surface area contributed by atoms with Gasteiger partial charge in [0.25, 0.3) is 5.91 Å². The number of nitrogens with one attached hydrogen (secondary N) is 2. The van der Waals surface area contributed by atoms with Crippen LogP contribution in [-0.2, 0) is 22.1 Å². The fraction of sp³-hybridized carbons (Fsp3) is 0.370. The maximum Gasteiger partial charge on any atom is 0.257 e. The molecule has 5 rings (SSSR count). The number of aromatic nitrogens is 2. The molecule has 3 heterocycles. The Morgan fingerprint density at radius 2 is 1.76 bits per heavy atom. The SMILES string of the molecule is CN1CCC(Oc2ccc(C(=O)Nc3n[nH]c4c3CN(S(=O)(=O)c3cc(F)cc(F)c3)C4(C)C)c(C(N)=O)c2)CC1. The lowest BCUT2D eigenvalue weighted by atomic mass is 10.0. The van der Waals surface area contributed by atoms with Crippen molar-refractivity contribution >= 4 is 27.7 Å². The van der Waals surface area contributed by atoms with Crippen LogP contribution in [0.1, 0.15) is 58.7 Å². The Bertz CT molecular complexity index is 1610. The fourth-order valence-corrected chi connectivity index (χ4v) is 7.02. The maximum atomic E-state index is 13.8. The molecule has 0 unspecified atom stereocenters. The number of rotatable bonds is 7. The Hall–Kier alpha value is -3.88. The van der Waals surface area contributed by atoms with Gasteiger partial charge in [-0.25, -0.2) is 17.2 Å². The maximum absolute atomic E-state index is 13.8. The third kappa shape index (κ3) is 5.42. The molecule has 0 saturated carbocycles. The van der Waals surface area contributed by atoms with Gasteiger partial charge < -0.3 is 20.7 Å². The van der Waals surface area contributed by atoms with Crippen LogP contribution >= 0.6 is 0 Å². The first-order valence-corrected chi connectivity index (χ1v) is 14.4. The molecule has 2 aliphatic rings. The molecule has 0 bridgehead atoms. The molecule has 11 nitrogen and oxygen atoms in total. The number of H-pyrrole nitrogens is 1. The number of carbonyl (C=O) groups is 2. The highest BCUT2D eigenvalue weighted by atomic mass is 32.2. The number of primary amides is 1. The summed E-state index contributed by atoms with van der Waals surface area (Å²) < 4.78 is 61.5. The second kappa shape index (κ2) is 10.5. The zero-order valence-electron chi connectivity index (χ0n) is 22.7. The van der Waals surface area contributed by atoms with Crippen LogP contribution in [-0.4, -0.2) is 65.9 Å². The highest BCUT2D eigenvalue weighted by Crippen LogP contribution is 2.44. The minimum atomic E-state index is -4.35. The van der Waals surface area contributed by atoms with E-state index < -0.39 is 43.9 Å². The molecule has 2 aliphatic heterocycles. The Morgan fingerprint density at radius 3 is 2.39 bits per heavy atom. The summed E-state index contributed by atoms with van der Waals surface area (Å²) >= 11 is 0. The molecule has 4 N–H and O–H groups in total. The number of amides is 2. The number of hydrogen-bond acceptors (Lipinski definition) is 7. The van der Waals surface area contributed by atoms with E-state index >= 15 is 0 Å².